The topological polar surface area (TPSA) is 160 Å². The zero-order valence-corrected chi connectivity index (χ0v) is 8.44. The first-order chi connectivity index (χ1) is 8.01. The van der Waals surface area contributed by atoms with Gasteiger partial charge in [0.05, 0.1) is 10.5 Å². The van der Waals surface area contributed by atoms with E-state index < -0.39 is 16.4 Å². The molecule has 1 aromatic rings. The molecule has 0 aromatic heterocycles. The summed E-state index contributed by atoms with van der Waals surface area (Å²) in [4.78, 5) is 10.1. The van der Waals surface area contributed by atoms with Crippen molar-refractivity contribution in [3.05, 3.63) is 39.4 Å². The summed E-state index contributed by atoms with van der Waals surface area (Å²) in [7, 11) is 0. The number of nitrogens with two attached hydrogens (primary N) is 2. The van der Waals surface area contributed by atoms with Crippen molar-refractivity contribution in [2.45, 2.75) is 0 Å². The number of amidine groups is 2. The van der Waals surface area contributed by atoms with Crippen LogP contribution in [0.3, 0.4) is 0 Å². The number of nitrogens with zero attached hydrogens (tertiary/aromatic N) is 3. The maximum atomic E-state index is 10.8. The van der Waals surface area contributed by atoms with Crippen LogP contribution in [0.25, 0.3) is 0 Å². The third-order valence-corrected chi connectivity index (χ3v) is 1.98. The molecule has 6 N–H and O–H groups in total. The molecule has 0 heterocycles. The molecule has 0 amide bonds. The monoisotopic (exact) mass is 239 g/mol. The fraction of sp³-hybridized carbons (Fsp3) is 0. The van der Waals surface area contributed by atoms with Crippen molar-refractivity contribution in [3.8, 4) is 0 Å². The van der Waals surface area contributed by atoms with Gasteiger partial charge in [0.2, 0.25) is 0 Å². The Morgan fingerprint density at radius 2 is 1.82 bits per heavy atom. The minimum absolute atomic E-state index is 0.0630. The molecular formula is C8H9N5O4. The third kappa shape index (κ3) is 2.40. The summed E-state index contributed by atoms with van der Waals surface area (Å²) in [5.74, 6) is -0.679. The van der Waals surface area contributed by atoms with E-state index in [-0.39, 0.29) is 17.0 Å². The van der Waals surface area contributed by atoms with Crippen LogP contribution >= 0.6 is 0 Å². The molecule has 0 aliphatic carbocycles. The summed E-state index contributed by atoms with van der Waals surface area (Å²) < 4.78 is 0. The van der Waals surface area contributed by atoms with Gasteiger partial charge in [-0.25, -0.2) is 0 Å². The molecule has 9 nitrogen and oxygen atoms in total. The fourth-order valence-corrected chi connectivity index (χ4v) is 1.17. The number of oxime groups is 2. The maximum absolute atomic E-state index is 10.8. The van der Waals surface area contributed by atoms with Crippen LogP contribution in [-0.4, -0.2) is 27.0 Å². The Bertz CT molecular complexity index is 511. The molecule has 0 spiro atoms. The van der Waals surface area contributed by atoms with E-state index in [1.807, 2.05) is 0 Å². The van der Waals surface area contributed by atoms with Gasteiger partial charge in [0.15, 0.2) is 11.7 Å². The van der Waals surface area contributed by atoms with Gasteiger partial charge in [-0.2, -0.15) is 0 Å². The lowest BCUT2D eigenvalue weighted by atomic mass is 10.1. The molecule has 0 radical (unpaired) electrons. The van der Waals surface area contributed by atoms with E-state index in [1.54, 1.807) is 0 Å². The minimum Gasteiger partial charge on any atom is -0.409 e. The van der Waals surface area contributed by atoms with E-state index in [1.165, 1.54) is 12.1 Å². The summed E-state index contributed by atoms with van der Waals surface area (Å²) in [6, 6.07) is 3.64. The highest BCUT2D eigenvalue weighted by Crippen LogP contribution is 2.20. The molecule has 0 bridgehead atoms. The van der Waals surface area contributed by atoms with Crippen LogP contribution in [-0.2, 0) is 0 Å². The SMILES string of the molecule is NC(=NO)c1ccc(C(N)=NO)c([N+](=O)[O-])c1. The van der Waals surface area contributed by atoms with Crippen molar-refractivity contribution in [1.82, 2.24) is 0 Å². The molecule has 1 aromatic carbocycles. The minimum atomic E-state index is -0.721. The van der Waals surface area contributed by atoms with Gasteiger partial charge >= 0.3 is 0 Å². The number of hydrogen-bond donors (Lipinski definition) is 4. The molecule has 0 saturated carbocycles. The molecule has 9 heteroatoms. The average molecular weight is 239 g/mol. The van der Waals surface area contributed by atoms with Crippen LogP contribution in [0, 0.1) is 10.1 Å². The van der Waals surface area contributed by atoms with E-state index in [9.17, 15) is 10.1 Å². The van der Waals surface area contributed by atoms with Crippen molar-refractivity contribution in [2.24, 2.45) is 21.8 Å². The average Bonchev–Trinajstić information content (AvgIpc) is 2.35. The zero-order valence-electron chi connectivity index (χ0n) is 8.44. The van der Waals surface area contributed by atoms with E-state index in [4.69, 9.17) is 21.9 Å². The van der Waals surface area contributed by atoms with Gasteiger partial charge in [0.25, 0.3) is 5.69 Å². The largest absolute Gasteiger partial charge is 0.409 e. The second-order valence-corrected chi connectivity index (χ2v) is 2.96. The summed E-state index contributed by atoms with van der Waals surface area (Å²) in [5.41, 5.74) is 10.2. The molecule has 0 atom stereocenters. The quantitative estimate of drug-likeness (QED) is 0.187. The standard InChI is InChI=1S/C8H9N5O4/c9-7(11-14)4-1-2-5(8(10)12-15)6(3-4)13(16)17/h1-3,14-15H,(H2,9,11)(H2,10,12). The van der Waals surface area contributed by atoms with Crippen molar-refractivity contribution in [1.29, 1.82) is 0 Å². The third-order valence-electron chi connectivity index (χ3n) is 1.98. The molecule has 0 aliphatic rings. The van der Waals surface area contributed by atoms with E-state index in [0.717, 1.165) is 6.07 Å². The smallest absolute Gasteiger partial charge is 0.281 e. The van der Waals surface area contributed by atoms with Crippen LogP contribution in [0.4, 0.5) is 5.69 Å². The lowest BCUT2D eigenvalue weighted by molar-refractivity contribution is -0.385. The molecule has 1 rings (SSSR count). The summed E-state index contributed by atoms with van der Waals surface area (Å²) >= 11 is 0. The Morgan fingerprint density at radius 3 is 2.29 bits per heavy atom. The lowest BCUT2D eigenvalue weighted by Gasteiger charge is -2.03. The Kier molecular flexibility index (Phi) is 3.44. The molecular weight excluding hydrogens is 230 g/mol. The van der Waals surface area contributed by atoms with Gasteiger partial charge in [-0.1, -0.05) is 10.3 Å². The van der Waals surface area contributed by atoms with Gasteiger partial charge in [0.1, 0.15) is 0 Å². The molecule has 17 heavy (non-hydrogen) atoms. The van der Waals surface area contributed by atoms with E-state index >= 15 is 0 Å². The Balaban J connectivity index is 3.42. The number of hydrogen-bond acceptors (Lipinski definition) is 6. The van der Waals surface area contributed by atoms with Gasteiger partial charge < -0.3 is 21.9 Å². The number of rotatable bonds is 3. The van der Waals surface area contributed by atoms with Crippen LogP contribution in [0.15, 0.2) is 28.5 Å². The molecule has 0 fully saturated rings. The fourth-order valence-electron chi connectivity index (χ4n) is 1.17. The first-order valence-electron chi connectivity index (χ1n) is 4.25. The first kappa shape index (κ1) is 12.2. The van der Waals surface area contributed by atoms with Gasteiger partial charge in [-0.15, -0.1) is 0 Å². The van der Waals surface area contributed by atoms with Crippen molar-refractivity contribution < 1.29 is 15.3 Å². The molecule has 0 unspecified atom stereocenters. The van der Waals surface area contributed by atoms with Crippen molar-refractivity contribution in [3.63, 3.8) is 0 Å². The van der Waals surface area contributed by atoms with Crippen molar-refractivity contribution in [2.75, 3.05) is 0 Å². The van der Waals surface area contributed by atoms with Crippen LogP contribution < -0.4 is 11.5 Å². The number of nitro benzene ring substituents is 1. The highest BCUT2D eigenvalue weighted by atomic mass is 16.6. The van der Waals surface area contributed by atoms with E-state index in [0.29, 0.717) is 0 Å². The normalized spacial score (nSPS) is 12.5. The summed E-state index contributed by atoms with van der Waals surface area (Å²) in [6.45, 7) is 0. The van der Waals surface area contributed by atoms with Gasteiger partial charge in [-0.05, 0) is 12.1 Å². The van der Waals surface area contributed by atoms with Gasteiger partial charge in [0, 0.05) is 11.6 Å². The highest BCUT2D eigenvalue weighted by Gasteiger charge is 2.18. The predicted molar refractivity (Wildman–Crippen MR) is 58.1 cm³/mol. The second kappa shape index (κ2) is 4.79. The second-order valence-electron chi connectivity index (χ2n) is 2.96. The van der Waals surface area contributed by atoms with Crippen molar-refractivity contribution >= 4 is 17.4 Å². The summed E-state index contributed by atoms with van der Waals surface area (Å²) in [6.07, 6.45) is 0. The van der Waals surface area contributed by atoms with Crippen LogP contribution in [0.5, 0.6) is 0 Å². The summed E-state index contributed by atoms with van der Waals surface area (Å²) in [5, 5.41) is 33.1. The molecule has 90 valence electrons. The van der Waals surface area contributed by atoms with Crippen LogP contribution in [0.1, 0.15) is 11.1 Å². The number of benzene rings is 1. The Morgan fingerprint density at radius 1 is 1.24 bits per heavy atom. The zero-order chi connectivity index (χ0) is 13.0. The Labute approximate surface area is 94.8 Å². The molecule has 0 saturated heterocycles. The predicted octanol–water partition coefficient (Wildman–Crippen LogP) is -0.216. The number of nitro groups is 1. The van der Waals surface area contributed by atoms with Gasteiger partial charge in [-0.3, -0.25) is 10.1 Å². The van der Waals surface area contributed by atoms with Crippen LogP contribution in [0.2, 0.25) is 0 Å². The molecule has 0 aliphatic heterocycles. The highest BCUT2D eigenvalue weighted by molar-refractivity contribution is 6.03. The van der Waals surface area contributed by atoms with E-state index in [2.05, 4.69) is 10.3 Å². The Hall–Kier alpha value is -2.84. The lowest BCUT2D eigenvalue weighted by Crippen LogP contribution is -2.17. The maximum Gasteiger partial charge on any atom is 0.281 e. The first-order valence-corrected chi connectivity index (χ1v) is 4.25.